The number of ether oxygens (including phenoxy) is 3. The van der Waals surface area contributed by atoms with Crippen molar-refractivity contribution >= 4 is 5.97 Å². The first kappa shape index (κ1) is 11.5. The van der Waals surface area contributed by atoms with Crippen LogP contribution in [-0.2, 0) is 19.0 Å². The minimum Gasteiger partial charge on any atom is -0.467 e. The molecule has 0 aromatic rings. The van der Waals surface area contributed by atoms with E-state index in [1.165, 1.54) is 7.11 Å². The van der Waals surface area contributed by atoms with Crippen LogP contribution in [0.2, 0.25) is 0 Å². The molecule has 14 heavy (non-hydrogen) atoms. The molecule has 0 heterocycles. The summed E-state index contributed by atoms with van der Waals surface area (Å²) in [7, 11) is 1.39. The molecule has 1 aliphatic rings. The summed E-state index contributed by atoms with van der Waals surface area (Å²) in [5.74, 6) is 0.105. The van der Waals surface area contributed by atoms with Gasteiger partial charge in [0.05, 0.1) is 20.3 Å². The van der Waals surface area contributed by atoms with E-state index >= 15 is 0 Å². The Morgan fingerprint density at radius 1 is 1.43 bits per heavy atom. The van der Waals surface area contributed by atoms with Crippen molar-refractivity contribution in [2.75, 3.05) is 26.9 Å². The average molecular weight is 202 g/mol. The third kappa shape index (κ3) is 3.64. The monoisotopic (exact) mass is 202 g/mol. The summed E-state index contributed by atoms with van der Waals surface area (Å²) >= 11 is 0. The molecule has 1 unspecified atom stereocenters. The highest BCUT2D eigenvalue weighted by molar-refractivity contribution is 5.75. The first-order valence-corrected chi connectivity index (χ1v) is 5.06. The number of carbonyl (C=O) groups excluding carboxylic acids is 1. The highest BCUT2D eigenvalue weighted by Gasteiger charge is 2.37. The molecule has 0 aliphatic heterocycles. The van der Waals surface area contributed by atoms with Crippen LogP contribution in [-0.4, -0.2) is 39.0 Å². The fourth-order valence-electron chi connectivity index (χ4n) is 1.29. The summed E-state index contributed by atoms with van der Waals surface area (Å²) in [6, 6.07) is 0. The lowest BCUT2D eigenvalue weighted by molar-refractivity contribution is -0.156. The zero-order valence-corrected chi connectivity index (χ0v) is 8.82. The van der Waals surface area contributed by atoms with Gasteiger partial charge in [0.25, 0.3) is 0 Å². The van der Waals surface area contributed by atoms with Gasteiger partial charge in [-0.1, -0.05) is 0 Å². The van der Waals surface area contributed by atoms with Crippen LogP contribution in [0.4, 0.5) is 0 Å². The molecule has 0 spiro atoms. The zero-order valence-electron chi connectivity index (χ0n) is 8.82. The number of rotatable bonds is 7. The van der Waals surface area contributed by atoms with Crippen LogP contribution in [0.3, 0.4) is 0 Å². The Labute approximate surface area is 84.5 Å². The van der Waals surface area contributed by atoms with Gasteiger partial charge in [0.2, 0.25) is 0 Å². The Bertz CT molecular complexity index is 177. The van der Waals surface area contributed by atoms with Gasteiger partial charge in [0.1, 0.15) is 0 Å². The van der Waals surface area contributed by atoms with Crippen LogP contribution in [0.25, 0.3) is 0 Å². The standard InChI is InChI=1S/C10H18O4/c1-3-13-6-7-14-9(8-4-5-8)10(11)12-2/h8-9H,3-7H2,1-2H3. The largest absolute Gasteiger partial charge is 0.467 e. The Balaban J connectivity index is 2.18. The highest BCUT2D eigenvalue weighted by atomic mass is 16.6. The van der Waals surface area contributed by atoms with E-state index in [-0.39, 0.29) is 12.1 Å². The van der Waals surface area contributed by atoms with Crippen molar-refractivity contribution in [3.8, 4) is 0 Å². The molecule has 1 saturated carbocycles. The molecule has 1 aliphatic carbocycles. The number of methoxy groups -OCH3 is 1. The van der Waals surface area contributed by atoms with E-state index in [0.29, 0.717) is 25.7 Å². The molecule has 0 amide bonds. The Morgan fingerprint density at radius 3 is 2.64 bits per heavy atom. The number of hydrogen-bond donors (Lipinski definition) is 0. The summed E-state index contributed by atoms with van der Waals surface area (Å²) in [6.45, 7) is 3.61. The van der Waals surface area contributed by atoms with Crippen molar-refractivity contribution in [3.05, 3.63) is 0 Å². The van der Waals surface area contributed by atoms with E-state index in [0.717, 1.165) is 12.8 Å². The number of esters is 1. The van der Waals surface area contributed by atoms with Gasteiger partial charge in [-0.25, -0.2) is 4.79 Å². The zero-order chi connectivity index (χ0) is 10.4. The lowest BCUT2D eigenvalue weighted by Crippen LogP contribution is -2.29. The smallest absolute Gasteiger partial charge is 0.335 e. The van der Waals surface area contributed by atoms with Crippen molar-refractivity contribution in [2.24, 2.45) is 5.92 Å². The van der Waals surface area contributed by atoms with Crippen molar-refractivity contribution in [1.29, 1.82) is 0 Å². The SMILES string of the molecule is CCOCCOC(C(=O)OC)C1CC1. The first-order valence-electron chi connectivity index (χ1n) is 5.06. The summed E-state index contributed by atoms with van der Waals surface area (Å²) in [5, 5.41) is 0. The van der Waals surface area contributed by atoms with Crippen LogP contribution in [0.15, 0.2) is 0 Å². The third-order valence-electron chi connectivity index (χ3n) is 2.21. The summed E-state index contributed by atoms with van der Waals surface area (Å²) in [6.07, 6.45) is 1.75. The van der Waals surface area contributed by atoms with Gasteiger partial charge in [0, 0.05) is 6.61 Å². The van der Waals surface area contributed by atoms with E-state index in [9.17, 15) is 4.79 Å². The number of hydrogen-bond acceptors (Lipinski definition) is 4. The molecule has 0 bridgehead atoms. The Kier molecular flexibility index (Phi) is 4.90. The van der Waals surface area contributed by atoms with Gasteiger partial charge in [-0.2, -0.15) is 0 Å². The molecule has 0 radical (unpaired) electrons. The molecule has 4 nitrogen and oxygen atoms in total. The third-order valence-corrected chi connectivity index (χ3v) is 2.21. The van der Waals surface area contributed by atoms with E-state index in [1.807, 2.05) is 6.92 Å². The van der Waals surface area contributed by atoms with E-state index in [4.69, 9.17) is 9.47 Å². The van der Waals surface area contributed by atoms with Crippen molar-refractivity contribution < 1.29 is 19.0 Å². The second-order valence-corrected chi connectivity index (χ2v) is 3.35. The molecule has 82 valence electrons. The molecular weight excluding hydrogens is 184 g/mol. The fourth-order valence-corrected chi connectivity index (χ4v) is 1.29. The Morgan fingerprint density at radius 2 is 2.14 bits per heavy atom. The van der Waals surface area contributed by atoms with Crippen LogP contribution >= 0.6 is 0 Å². The molecule has 0 aromatic carbocycles. The molecule has 1 rings (SSSR count). The molecule has 1 fully saturated rings. The summed E-state index contributed by atoms with van der Waals surface area (Å²) in [5.41, 5.74) is 0. The quantitative estimate of drug-likeness (QED) is 0.456. The first-order chi connectivity index (χ1) is 6.79. The summed E-state index contributed by atoms with van der Waals surface area (Å²) < 4.78 is 15.2. The maximum absolute atomic E-state index is 11.3. The lowest BCUT2D eigenvalue weighted by atomic mass is 10.2. The maximum Gasteiger partial charge on any atom is 0.335 e. The Hall–Kier alpha value is -0.610. The maximum atomic E-state index is 11.3. The van der Waals surface area contributed by atoms with Gasteiger partial charge in [0.15, 0.2) is 6.10 Å². The van der Waals surface area contributed by atoms with Gasteiger partial charge < -0.3 is 14.2 Å². The van der Waals surface area contributed by atoms with E-state index in [1.54, 1.807) is 0 Å². The predicted molar refractivity (Wildman–Crippen MR) is 51.0 cm³/mol. The van der Waals surface area contributed by atoms with Crippen LogP contribution in [0, 0.1) is 5.92 Å². The lowest BCUT2D eigenvalue weighted by Gasteiger charge is -2.14. The molecule has 1 atom stereocenters. The van der Waals surface area contributed by atoms with E-state index in [2.05, 4.69) is 4.74 Å². The topological polar surface area (TPSA) is 44.8 Å². The van der Waals surface area contributed by atoms with Crippen molar-refractivity contribution in [3.63, 3.8) is 0 Å². The molecule has 4 heteroatoms. The number of carbonyl (C=O) groups is 1. The molecule has 0 N–H and O–H groups in total. The van der Waals surface area contributed by atoms with Crippen molar-refractivity contribution in [1.82, 2.24) is 0 Å². The van der Waals surface area contributed by atoms with Gasteiger partial charge in [-0.15, -0.1) is 0 Å². The molecular formula is C10H18O4. The molecule has 0 saturated heterocycles. The van der Waals surface area contributed by atoms with Crippen LogP contribution < -0.4 is 0 Å². The van der Waals surface area contributed by atoms with Crippen LogP contribution in [0.5, 0.6) is 0 Å². The average Bonchev–Trinajstić information content (AvgIpc) is 3.01. The fraction of sp³-hybridized carbons (Fsp3) is 0.900. The van der Waals surface area contributed by atoms with Gasteiger partial charge in [-0.05, 0) is 25.7 Å². The summed E-state index contributed by atoms with van der Waals surface area (Å²) in [4.78, 5) is 11.3. The van der Waals surface area contributed by atoms with Gasteiger partial charge >= 0.3 is 5.97 Å². The minimum absolute atomic E-state index is 0.260. The van der Waals surface area contributed by atoms with Crippen molar-refractivity contribution in [2.45, 2.75) is 25.9 Å². The highest BCUT2D eigenvalue weighted by Crippen LogP contribution is 2.34. The van der Waals surface area contributed by atoms with Crippen LogP contribution in [0.1, 0.15) is 19.8 Å². The molecule has 0 aromatic heterocycles. The van der Waals surface area contributed by atoms with Gasteiger partial charge in [-0.3, -0.25) is 0 Å². The second-order valence-electron chi connectivity index (χ2n) is 3.35. The predicted octanol–water partition coefficient (Wildman–Crippen LogP) is 0.991. The van der Waals surface area contributed by atoms with E-state index < -0.39 is 0 Å². The normalized spacial score (nSPS) is 17.9. The second kappa shape index (κ2) is 5.98. The minimum atomic E-state index is -0.375.